The smallest absolute Gasteiger partial charge is 0.305 e. The molecular formula is C19H21NO4S. The lowest BCUT2D eigenvalue weighted by Gasteiger charge is -2.25. The molecule has 0 bridgehead atoms. The third-order valence-corrected chi connectivity index (χ3v) is 6.58. The Bertz CT molecular complexity index is 875. The largest absolute Gasteiger partial charge is 0.481 e. The number of hydrogen-bond donors (Lipinski definition) is 1. The Balaban J connectivity index is 1.88. The van der Waals surface area contributed by atoms with Crippen molar-refractivity contribution in [2.75, 3.05) is 11.4 Å². The number of carbonyl (C=O) groups is 1. The molecule has 0 aromatic heterocycles. The molecule has 0 aliphatic carbocycles. The molecule has 1 aliphatic rings. The normalized spacial score (nSPS) is 17.6. The van der Waals surface area contributed by atoms with Gasteiger partial charge in [0.2, 0.25) is 9.84 Å². The summed E-state index contributed by atoms with van der Waals surface area (Å²) in [6, 6.07) is 13.6. The number of sulfone groups is 1. The minimum absolute atomic E-state index is 0.0312. The Morgan fingerprint density at radius 1 is 1.16 bits per heavy atom. The van der Waals surface area contributed by atoms with Gasteiger partial charge in [0.15, 0.2) is 0 Å². The second kappa shape index (κ2) is 6.88. The van der Waals surface area contributed by atoms with E-state index in [0.717, 1.165) is 25.1 Å². The van der Waals surface area contributed by atoms with E-state index in [4.69, 9.17) is 5.11 Å². The Labute approximate surface area is 147 Å². The van der Waals surface area contributed by atoms with E-state index in [1.54, 1.807) is 49.4 Å². The van der Waals surface area contributed by atoms with E-state index in [0.29, 0.717) is 10.5 Å². The van der Waals surface area contributed by atoms with Crippen molar-refractivity contribution in [2.24, 2.45) is 0 Å². The van der Waals surface area contributed by atoms with Crippen LogP contribution in [0.3, 0.4) is 0 Å². The Hall–Kier alpha value is -2.34. The number of nitrogens with zero attached hydrogens (tertiary/aromatic N) is 1. The van der Waals surface area contributed by atoms with Gasteiger partial charge in [-0.25, -0.2) is 8.42 Å². The van der Waals surface area contributed by atoms with Crippen molar-refractivity contribution in [1.29, 1.82) is 0 Å². The summed E-state index contributed by atoms with van der Waals surface area (Å²) in [6.07, 6.45) is 1.89. The summed E-state index contributed by atoms with van der Waals surface area (Å²) in [4.78, 5) is 13.6. The van der Waals surface area contributed by atoms with Crippen LogP contribution in [0, 0.1) is 6.92 Å². The lowest BCUT2D eigenvalue weighted by Crippen LogP contribution is -2.31. The highest BCUT2D eigenvalue weighted by molar-refractivity contribution is 7.91. The fourth-order valence-electron chi connectivity index (χ4n) is 3.39. The summed E-state index contributed by atoms with van der Waals surface area (Å²) >= 11 is 0. The van der Waals surface area contributed by atoms with Gasteiger partial charge in [0.25, 0.3) is 0 Å². The van der Waals surface area contributed by atoms with Crippen LogP contribution in [0.1, 0.15) is 24.8 Å². The third-order valence-electron chi connectivity index (χ3n) is 4.65. The number of rotatable bonds is 5. The molecule has 25 heavy (non-hydrogen) atoms. The van der Waals surface area contributed by atoms with Gasteiger partial charge in [-0.15, -0.1) is 0 Å². The van der Waals surface area contributed by atoms with Crippen LogP contribution in [-0.4, -0.2) is 32.1 Å². The number of benzene rings is 2. The minimum atomic E-state index is -3.56. The maximum absolute atomic E-state index is 12.8. The van der Waals surface area contributed by atoms with Gasteiger partial charge in [0.1, 0.15) is 0 Å². The van der Waals surface area contributed by atoms with E-state index in [-0.39, 0.29) is 17.4 Å². The molecule has 1 N–H and O–H groups in total. The van der Waals surface area contributed by atoms with Gasteiger partial charge in [-0.3, -0.25) is 4.79 Å². The first kappa shape index (κ1) is 17.5. The Kier molecular flexibility index (Phi) is 4.81. The molecule has 3 rings (SSSR count). The molecule has 0 unspecified atom stereocenters. The second-order valence-corrected chi connectivity index (χ2v) is 8.27. The lowest BCUT2D eigenvalue weighted by molar-refractivity contribution is -0.137. The van der Waals surface area contributed by atoms with Crippen LogP contribution in [0.5, 0.6) is 0 Å². The van der Waals surface area contributed by atoms with Crippen LogP contribution in [0.15, 0.2) is 58.3 Å². The van der Waals surface area contributed by atoms with Crippen LogP contribution in [0.4, 0.5) is 5.69 Å². The number of aliphatic carboxylic acids is 1. The van der Waals surface area contributed by atoms with Gasteiger partial charge in [0, 0.05) is 18.3 Å². The molecule has 1 atom stereocenters. The molecule has 0 amide bonds. The van der Waals surface area contributed by atoms with Crippen LogP contribution >= 0.6 is 0 Å². The fraction of sp³-hybridized carbons (Fsp3) is 0.316. The van der Waals surface area contributed by atoms with Gasteiger partial charge >= 0.3 is 5.97 Å². The standard InChI is InChI=1S/C19H21NO4S/c1-14-5-2-3-7-18(14)25(23,24)17-10-8-15(9-11-17)20-12-4-6-16(20)13-19(21)22/h2-3,5,7-11,16H,4,6,12-13H2,1H3,(H,21,22)/t16-/m0/s1. The zero-order chi connectivity index (χ0) is 18.0. The maximum Gasteiger partial charge on any atom is 0.305 e. The summed E-state index contributed by atoms with van der Waals surface area (Å²) in [7, 11) is -3.56. The average Bonchev–Trinajstić information content (AvgIpc) is 3.02. The predicted molar refractivity (Wildman–Crippen MR) is 95.7 cm³/mol. The maximum atomic E-state index is 12.8. The zero-order valence-electron chi connectivity index (χ0n) is 14.1. The molecule has 2 aromatic rings. The highest BCUT2D eigenvalue weighted by atomic mass is 32.2. The fourth-order valence-corrected chi connectivity index (χ4v) is 4.89. The lowest BCUT2D eigenvalue weighted by atomic mass is 10.1. The molecule has 0 saturated carbocycles. The van der Waals surface area contributed by atoms with Gasteiger partial charge in [-0.05, 0) is 55.7 Å². The molecule has 2 aromatic carbocycles. The highest BCUT2D eigenvalue weighted by Crippen LogP contribution is 2.30. The van der Waals surface area contributed by atoms with E-state index in [2.05, 4.69) is 4.90 Å². The van der Waals surface area contributed by atoms with Crippen molar-refractivity contribution in [1.82, 2.24) is 0 Å². The van der Waals surface area contributed by atoms with Crippen LogP contribution < -0.4 is 4.90 Å². The minimum Gasteiger partial charge on any atom is -0.481 e. The topological polar surface area (TPSA) is 74.7 Å². The van der Waals surface area contributed by atoms with Gasteiger partial charge in [-0.2, -0.15) is 0 Å². The number of carboxylic acid groups (broad SMARTS) is 1. The summed E-state index contributed by atoms with van der Waals surface area (Å²) in [6.45, 7) is 2.57. The Morgan fingerprint density at radius 3 is 2.48 bits per heavy atom. The second-order valence-electron chi connectivity index (χ2n) is 6.35. The van der Waals surface area contributed by atoms with Crippen LogP contribution in [0.25, 0.3) is 0 Å². The van der Waals surface area contributed by atoms with Crippen LogP contribution in [-0.2, 0) is 14.6 Å². The van der Waals surface area contributed by atoms with Crippen molar-refractivity contribution < 1.29 is 18.3 Å². The van der Waals surface area contributed by atoms with Gasteiger partial charge < -0.3 is 10.0 Å². The summed E-state index contributed by atoms with van der Waals surface area (Å²) in [5.74, 6) is -0.810. The van der Waals surface area contributed by atoms with Crippen LogP contribution in [0.2, 0.25) is 0 Å². The number of carboxylic acids is 1. The zero-order valence-corrected chi connectivity index (χ0v) is 14.9. The molecule has 1 heterocycles. The van der Waals surface area contributed by atoms with E-state index in [1.165, 1.54) is 0 Å². The average molecular weight is 359 g/mol. The number of aryl methyl sites for hydroxylation is 1. The summed E-state index contributed by atoms with van der Waals surface area (Å²) < 4.78 is 25.6. The van der Waals surface area contributed by atoms with E-state index < -0.39 is 15.8 Å². The molecule has 0 spiro atoms. The molecule has 132 valence electrons. The Morgan fingerprint density at radius 2 is 1.84 bits per heavy atom. The first-order valence-corrected chi connectivity index (χ1v) is 9.77. The summed E-state index contributed by atoms with van der Waals surface area (Å²) in [5, 5.41) is 9.04. The molecule has 1 fully saturated rings. The van der Waals surface area contributed by atoms with Crippen molar-refractivity contribution in [3.8, 4) is 0 Å². The molecule has 6 heteroatoms. The number of anilines is 1. The molecule has 1 aliphatic heterocycles. The predicted octanol–water partition coefficient (Wildman–Crippen LogP) is 3.27. The quantitative estimate of drug-likeness (QED) is 0.887. The SMILES string of the molecule is Cc1ccccc1S(=O)(=O)c1ccc(N2CCC[C@H]2CC(=O)O)cc1. The van der Waals surface area contributed by atoms with Crippen molar-refractivity contribution >= 4 is 21.5 Å². The van der Waals surface area contributed by atoms with Gasteiger partial charge in [0.05, 0.1) is 16.2 Å². The van der Waals surface area contributed by atoms with E-state index in [1.807, 2.05) is 6.07 Å². The molecule has 5 nitrogen and oxygen atoms in total. The van der Waals surface area contributed by atoms with Crippen molar-refractivity contribution in [3.05, 3.63) is 54.1 Å². The first-order valence-electron chi connectivity index (χ1n) is 8.29. The number of hydrogen-bond acceptors (Lipinski definition) is 4. The van der Waals surface area contributed by atoms with E-state index in [9.17, 15) is 13.2 Å². The molecule has 1 saturated heterocycles. The van der Waals surface area contributed by atoms with E-state index >= 15 is 0 Å². The first-order chi connectivity index (χ1) is 11.9. The van der Waals surface area contributed by atoms with Gasteiger partial charge in [-0.1, -0.05) is 18.2 Å². The third kappa shape index (κ3) is 3.54. The highest BCUT2D eigenvalue weighted by Gasteiger charge is 2.27. The molecular weight excluding hydrogens is 338 g/mol. The summed E-state index contributed by atoms with van der Waals surface area (Å²) in [5.41, 5.74) is 1.58. The van der Waals surface area contributed by atoms with Crippen molar-refractivity contribution in [2.45, 2.75) is 42.0 Å². The monoisotopic (exact) mass is 359 g/mol. The molecule has 0 radical (unpaired) electrons. The van der Waals surface area contributed by atoms with Crippen molar-refractivity contribution in [3.63, 3.8) is 0 Å².